The molecular formula is C68H66. The Morgan fingerprint density at radius 1 is 0.309 bits per heavy atom. The summed E-state index contributed by atoms with van der Waals surface area (Å²) in [5.74, 6) is 0.645. The predicted octanol–water partition coefficient (Wildman–Crippen LogP) is 18.4. The van der Waals surface area contributed by atoms with Crippen LogP contribution in [0.4, 0.5) is 0 Å². The number of benzene rings is 8. The summed E-state index contributed by atoms with van der Waals surface area (Å²) in [6.45, 7) is 30.9. The maximum absolute atomic E-state index is 2.49. The molecule has 0 N–H and O–H groups in total. The highest BCUT2D eigenvalue weighted by atomic mass is 14.4. The number of fused-ring (bicyclic) bond motifs is 12. The molecule has 0 heteroatoms. The summed E-state index contributed by atoms with van der Waals surface area (Å²) in [5, 5.41) is 0. The second-order valence-electron chi connectivity index (χ2n) is 24.6. The van der Waals surface area contributed by atoms with Crippen molar-refractivity contribution in [2.45, 2.75) is 124 Å². The van der Waals surface area contributed by atoms with Crippen molar-refractivity contribution in [3.63, 3.8) is 0 Å². The lowest BCUT2D eigenvalue weighted by atomic mass is 9.78. The van der Waals surface area contributed by atoms with Crippen molar-refractivity contribution < 1.29 is 0 Å². The minimum Gasteiger partial charge on any atom is -0.0625 e. The number of hydrogen-bond acceptors (Lipinski definition) is 0. The van der Waals surface area contributed by atoms with Crippen molar-refractivity contribution in [2.75, 3.05) is 0 Å². The first-order valence-electron chi connectivity index (χ1n) is 25.3. The zero-order valence-corrected chi connectivity index (χ0v) is 42.6. The van der Waals surface area contributed by atoms with Gasteiger partial charge in [0.25, 0.3) is 0 Å². The van der Waals surface area contributed by atoms with Crippen molar-refractivity contribution >= 4 is 0 Å². The summed E-state index contributed by atoms with van der Waals surface area (Å²) in [6, 6.07) is 57.7. The van der Waals surface area contributed by atoms with Crippen LogP contribution in [0.25, 0.3) is 77.9 Å². The first kappa shape index (κ1) is 43.1. The third-order valence-corrected chi connectivity index (χ3v) is 17.3. The molecule has 0 radical (unpaired) electrons. The molecule has 12 rings (SSSR count). The van der Waals surface area contributed by atoms with Gasteiger partial charge >= 0.3 is 0 Å². The van der Waals surface area contributed by atoms with Crippen molar-refractivity contribution in [3.05, 3.63) is 201 Å². The van der Waals surface area contributed by atoms with E-state index < -0.39 is 0 Å². The lowest BCUT2D eigenvalue weighted by Gasteiger charge is -2.25. The molecule has 68 heavy (non-hydrogen) atoms. The molecule has 0 saturated heterocycles. The van der Waals surface area contributed by atoms with Crippen LogP contribution < -0.4 is 0 Å². The highest BCUT2D eigenvalue weighted by molar-refractivity contribution is 5.91. The van der Waals surface area contributed by atoms with Gasteiger partial charge in [0, 0.05) is 21.7 Å². The van der Waals surface area contributed by atoms with Crippen molar-refractivity contribution in [3.8, 4) is 77.9 Å². The van der Waals surface area contributed by atoms with E-state index in [1.165, 1.54) is 134 Å². The average molecular weight is 883 g/mol. The minimum atomic E-state index is -0.138. The van der Waals surface area contributed by atoms with E-state index in [9.17, 15) is 0 Å². The monoisotopic (exact) mass is 883 g/mol. The van der Waals surface area contributed by atoms with Gasteiger partial charge in [-0.2, -0.15) is 0 Å². The summed E-state index contributed by atoms with van der Waals surface area (Å²) in [4.78, 5) is 0. The van der Waals surface area contributed by atoms with Crippen LogP contribution in [-0.2, 0) is 33.5 Å². The van der Waals surface area contributed by atoms with E-state index in [0.29, 0.717) is 5.92 Å². The smallest absolute Gasteiger partial charge is 0.0159 e. The summed E-state index contributed by atoms with van der Waals surface area (Å²) in [6.07, 6.45) is 1.12. The molecule has 0 fully saturated rings. The van der Waals surface area contributed by atoms with Gasteiger partial charge in [0.05, 0.1) is 0 Å². The third kappa shape index (κ3) is 6.11. The van der Waals surface area contributed by atoms with Crippen molar-refractivity contribution in [2.24, 2.45) is 5.92 Å². The Kier molecular flexibility index (Phi) is 8.97. The topological polar surface area (TPSA) is 0 Å². The Hall–Kier alpha value is -6.24. The third-order valence-electron chi connectivity index (χ3n) is 17.3. The van der Waals surface area contributed by atoms with Crippen LogP contribution in [0.3, 0.4) is 0 Å². The van der Waals surface area contributed by atoms with Gasteiger partial charge in [0.1, 0.15) is 0 Å². The summed E-state index contributed by atoms with van der Waals surface area (Å²) in [5.41, 5.74) is 32.7. The maximum Gasteiger partial charge on any atom is 0.0159 e. The maximum atomic E-state index is 2.49. The molecule has 4 aliphatic carbocycles. The lowest BCUT2D eigenvalue weighted by Crippen LogP contribution is -2.17. The Balaban J connectivity index is 0.832. The van der Waals surface area contributed by atoms with Crippen LogP contribution >= 0.6 is 0 Å². The van der Waals surface area contributed by atoms with Gasteiger partial charge in [-0.25, -0.2) is 0 Å². The Morgan fingerprint density at radius 2 is 0.544 bits per heavy atom. The van der Waals surface area contributed by atoms with Crippen LogP contribution in [0.15, 0.2) is 146 Å². The fourth-order valence-corrected chi connectivity index (χ4v) is 13.1. The normalized spacial score (nSPS) is 16.7. The molecule has 8 aromatic rings. The Morgan fingerprint density at radius 3 is 0.809 bits per heavy atom. The van der Waals surface area contributed by atoms with E-state index in [1.807, 2.05) is 0 Å². The van der Waals surface area contributed by atoms with E-state index in [2.05, 4.69) is 236 Å². The summed E-state index contributed by atoms with van der Waals surface area (Å²) >= 11 is 0. The highest BCUT2D eigenvalue weighted by Gasteiger charge is 2.41. The lowest BCUT2D eigenvalue weighted by molar-refractivity contribution is 0.584. The molecule has 338 valence electrons. The SMILES string of the molecule is CC(C)Cc1ccc2c(c1)C(C)(C)c1cc(-c3ccc4c(c3)C(C)(C)c3cc(-c5ccc6c(c5)C(C)(C)c5cc(-c7ccc8c(c7)C(C)(C)c7cc(C(C)(C)C)ccc7-8)ccc5-6)ccc3-4)ccc1-2. The molecule has 0 spiro atoms. The molecule has 0 atom stereocenters. The molecule has 4 aliphatic rings. The van der Waals surface area contributed by atoms with Crippen LogP contribution in [-0.4, -0.2) is 0 Å². The van der Waals surface area contributed by atoms with Gasteiger partial charge in [-0.05, 0) is 188 Å². The highest BCUT2D eigenvalue weighted by Crippen LogP contribution is 2.56. The van der Waals surface area contributed by atoms with E-state index in [4.69, 9.17) is 0 Å². The van der Waals surface area contributed by atoms with Crippen molar-refractivity contribution in [1.82, 2.24) is 0 Å². The second kappa shape index (κ2) is 14.2. The quantitative estimate of drug-likeness (QED) is 0.162. The minimum absolute atomic E-state index is 0.0413. The molecular weight excluding hydrogens is 817 g/mol. The Bertz CT molecular complexity index is 3480. The molecule has 0 aliphatic heterocycles. The van der Waals surface area contributed by atoms with Gasteiger partial charge in [-0.1, -0.05) is 199 Å². The zero-order valence-electron chi connectivity index (χ0n) is 42.6. The zero-order chi connectivity index (χ0) is 47.6. The molecule has 0 amide bonds. The average Bonchev–Trinajstić information content (AvgIpc) is 3.87. The van der Waals surface area contributed by atoms with E-state index >= 15 is 0 Å². The van der Waals surface area contributed by atoms with E-state index in [-0.39, 0.29) is 27.1 Å². The van der Waals surface area contributed by atoms with Crippen LogP contribution in [0.1, 0.15) is 146 Å². The molecule has 0 heterocycles. The Labute approximate surface area is 406 Å². The van der Waals surface area contributed by atoms with Gasteiger partial charge in [0.15, 0.2) is 0 Å². The first-order chi connectivity index (χ1) is 32.1. The molecule has 0 bridgehead atoms. The van der Waals surface area contributed by atoms with Crippen LogP contribution in [0.5, 0.6) is 0 Å². The summed E-state index contributed by atoms with van der Waals surface area (Å²) < 4.78 is 0. The molecule has 0 saturated carbocycles. The van der Waals surface area contributed by atoms with E-state index in [1.54, 1.807) is 0 Å². The standard InChI is InChI=1S/C68H66/c1-39(2)30-40-14-22-48-49-23-15-41(32-57(49)65(6,7)56(48)31-40)42-16-24-50-51-25-17-43(34-59(51)66(8,9)58(50)33-42)44-18-26-52-53-27-19-45(36-61(53)67(10,11)60(52)35-44)46-20-28-54-55-29-21-47(64(3,4)5)38-63(55)68(12,13)62(54)37-46/h14-29,31-39H,30H2,1-13H3. The molecule has 8 aromatic carbocycles. The molecule has 0 nitrogen and oxygen atoms in total. The molecule has 0 aromatic heterocycles. The first-order valence-corrected chi connectivity index (χ1v) is 25.3. The van der Waals surface area contributed by atoms with Gasteiger partial charge in [-0.3, -0.25) is 0 Å². The largest absolute Gasteiger partial charge is 0.0625 e. The summed E-state index contributed by atoms with van der Waals surface area (Å²) in [7, 11) is 0. The van der Waals surface area contributed by atoms with Crippen LogP contribution in [0.2, 0.25) is 0 Å². The van der Waals surface area contributed by atoms with Crippen LogP contribution in [0, 0.1) is 5.92 Å². The number of hydrogen-bond donors (Lipinski definition) is 0. The van der Waals surface area contributed by atoms with Gasteiger partial charge in [-0.15, -0.1) is 0 Å². The fraction of sp³-hybridized carbons (Fsp3) is 0.294. The predicted molar refractivity (Wildman–Crippen MR) is 290 cm³/mol. The van der Waals surface area contributed by atoms with E-state index in [0.717, 1.165) is 6.42 Å². The van der Waals surface area contributed by atoms with Crippen molar-refractivity contribution in [1.29, 1.82) is 0 Å². The van der Waals surface area contributed by atoms with Gasteiger partial charge < -0.3 is 0 Å². The second-order valence-corrected chi connectivity index (χ2v) is 24.6. The number of rotatable bonds is 5. The fourth-order valence-electron chi connectivity index (χ4n) is 13.1. The molecule has 0 unspecified atom stereocenters. The van der Waals surface area contributed by atoms with Gasteiger partial charge in [0.2, 0.25) is 0 Å².